The van der Waals surface area contributed by atoms with E-state index < -0.39 is 22.0 Å². The average molecular weight is 487 g/mol. The van der Waals surface area contributed by atoms with Gasteiger partial charge in [0.05, 0.1) is 21.6 Å². The van der Waals surface area contributed by atoms with Gasteiger partial charge in [-0.1, -0.05) is 24.3 Å². The van der Waals surface area contributed by atoms with Gasteiger partial charge in [0.15, 0.2) is 0 Å². The van der Waals surface area contributed by atoms with Crippen LogP contribution in [0.25, 0.3) is 11.3 Å². The molecule has 3 rings (SSSR count). The maximum atomic E-state index is 12.5. The molecule has 10 heteroatoms. The molecule has 0 unspecified atom stereocenters. The Balaban J connectivity index is 1.49. The fourth-order valence-electron chi connectivity index (χ4n) is 3.10. The van der Waals surface area contributed by atoms with Gasteiger partial charge in [0, 0.05) is 30.1 Å². The van der Waals surface area contributed by atoms with Gasteiger partial charge in [-0.15, -0.1) is 11.3 Å². The minimum atomic E-state index is -3.89. The number of amides is 2. The molecule has 3 N–H and O–H groups in total. The molecule has 0 fully saturated rings. The van der Waals surface area contributed by atoms with Crippen LogP contribution in [-0.4, -0.2) is 37.8 Å². The number of benzene rings is 2. The van der Waals surface area contributed by atoms with E-state index in [-0.39, 0.29) is 10.8 Å². The van der Waals surface area contributed by atoms with Crippen molar-refractivity contribution < 1.29 is 18.0 Å². The number of aromatic nitrogens is 1. The van der Waals surface area contributed by atoms with Gasteiger partial charge in [0.1, 0.15) is 0 Å². The molecular weight excluding hydrogens is 460 g/mol. The number of rotatable bonds is 9. The minimum absolute atomic E-state index is 0.00616. The second kappa shape index (κ2) is 10.7. The Morgan fingerprint density at radius 2 is 1.73 bits per heavy atom. The molecular formula is C23H26N4O4S2. The van der Waals surface area contributed by atoms with Crippen LogP contribution >= 0.6 is 11.3 Å². The summed E-state index contributed by atoms with van der Waals surface area (Å²) >= 11 is 1.61. The Bertz CT molecular complexity index is 1220. The van der Waals surface area contributed by atoms with Crippen LogP contribution in [0.3, 0.4) is 0 Å². The standard InChI is InChI=1S/C23H26N4O4S2/c1-15(27-33(30,31)21-10-8-20(9-11-21)25-16(2)28)23(29)24-13-12-18-4-6-19(7-5-18)22-14-32-17(3)26-22/h4-11,14-15,27H,12-13H2,1-3H3,(H,24,29)(H,25,28)/t15-/m0/s1. The molecule has 1 atom stereocenters. The van der Waals surface area contributed by atoms with Crippen LogP contribution in [0.15, 0.2) is 58.8 Å². The molecule has 2 aromatic carbocycles. The van der Waals surface area contributed by atoms with Crippen molar-refractivity contribution in [1.29, 1.82) is 0 Å². The maximum absolute atomic E-state index is 12.5. The number of hydrogen-bond acceptors (Lipinski definition) is 6. The summed E-state index contributed by atoms with van der Waals surface area (Å²) in [6.45, 7) is 5.20. The summed E-state index contributed by atoms with van der Waals surface area (Å²) in [5.41, 5.74) is 3.53. The van der Waals surface area contributed by atoms with Crippen molar-refractivity contribution in [2.75, 3.05) is 11.9 Å². The van der Waals surface area contributed by atoms with Crippen molar-refractivity contribution in [1.82, 2.24) is 15.0 Å². The van der Waals surface area contributed by atoms with Gasteiger partial charge in [-0.3, -0.25) is 9.59 Å². The Hall–Kier alpha value is -3.08. The summed E-state index contributed by atoms with van der Waals surface area (Å²) in [5, 5.41) is 8.37. The monoisotopic (exact) mass is 486 g/mol. The number of aryl methyl sites for hydroxylation is 1. The topological polar surface area (TPSA) is 117 Å². The smallest absolute Gasteiger partial charge is 0.241 e. The van der Waals surface area contributed by atoms with Gasteiger partial charge in [-0.25, -0.2) is 13.4 Å². The zero-order valence-electron chi connectivity index (χ0n) is 18.6. The maximum Gasteiger partial charge on any atom is 0.241 e. The van der Waals surface area contributed by atoms with E-state index in [2.05, 4.69) is 20.3 Å². The van der Waals surface area contributed by atoms with E-state index in [1.165, 1.54) is 38.1 Å². The summed E-state index contributed by atoms with van der Waals surface area (Å²) in [6, 6.07) is 12.8. The molecule has 0 saturated carbocycles. The zero-order valence-corrected chi connectivity index (χ0v) is 20.2. The third-order valence-electron chi connectivity index (χ3n) is 4.79. The number of anilines is 1. The van der Waals surface area contributed by atoms with Gasteiger partial charge in [0.2, 0.25) is 21.8 Å². The number of carbonyl (C=O) groups is 2. The van der Waals surface area contributed by atoms with Crippen molar-refractivity contribution in [2.24, 2.45) is 0 Å². The number of carbonyl (C=O) groups excluding carboxylic acids is 2. The fraction of sp³-hybridized carbons (Fsp3) is 0.261. The lowest BCUT2D eigenvalue weighted by molar-refractivity contribution is -0.122. The first kappa shape index (κ1) is 24.6. The average Bonchev–Trinajstić information content (AvgIpc) is 3.20. The molecule has 2 amide bonds. The van der Waals surface area contributed by atoms with E-state index >= 15 is 0 Å². The SMILES string of the molecule is CC(=O)Nc1ccc(S(=O)(=O)N[C@@H](C)C(=O)NCCc2ccc(-c3csc(C)n3)cc2)cc1. The highest BCUT2D eigenvalue weighted by Gasteiger charge is 2.21. The minimum Gasteiger partial charge on any atom is -0.354 e. The van der Waals surface area contributed by atoms with Gasteiger partial charge in [-0.05, 0) is 50.1 Å². The van der Waals surface area contributed by atoms with E-state index in [0.29, 0.717) is 18.7 Å². The summed E-state index contributed by atoms with van der Waals surface area (Å²) < 4.78 is 27.5. The molecule has 0 aliphatic carbocycles. The van der Waals surface area contributed by atoms with Crippen molar-refractivity contribution in [3.63, 3.8) is 0 Å². The summed E-state index contributed by atoms with van der Waals surface area (Å²) in [4.78, 5) is 27.9. The second-order valence-electron chi connectivity index (χ2n) is 7.54. The molecule has 0 saturated heterocycles. The van der Waals surface area contributed by atoms with E-state index in [9.17, 15) is 18.0 Å². The fourth-order valence-corrected chi connectivity index (χ4v) is 4.92. The molecule has 0 bridgehead atoms. The van der Waals surface area contributed by atoms with Crippen LogP contribution in [0.4, 0.5) is 5.69 Å². The van der Waals surface area contributed by atoms with Crippen LogP contribution in [-0.2, 0) is 26.0 Å². The van der Waals surface area contributed by atoms with Gasteiger partial charge < -0.3 is 10.6 Å². The lowest BCUT2D eigenvalue weighted by Crippen LogP contribution is -2.45. The van der Waals surface area contributed by atoms with Crippen LogP contribution < -0.4 is 15.4 Å². The van der Waals surface area contributed by atoms with Crippen molar-refractivity contribution in [3.8, 4) is 11.3 Å². The summed E-state index contributed by atoms with van der Waals surface area (Å²) in [5.74, 6) is -0.664. The van der Waals surface area contributed by atoms with Crippen molar-refractivity contribution in [3.05, 3.63) is 64.5 Å². The van der Waals surface area contributed by atoms with Crippen LogP contribution in [0.1, 0.15) is 24.4 Å². The van der Waals surface area contributed by atoms with Gasteiger partial charge in [-0.2, -0.15) is 4.72 Å². The van der Waals surface area contributed by atoms with Crippen LogP contribution in [0.5, 0.6) is 0 Å². The summed E-state index contributed by atoms with van der Waals surface area (Å²) in [6.07, 6.45) is 0.617. The lowest BCUT2D eigenvalue weighted by Gasteiger charge is -2.15. The predicted octanol–water partition coefficient (Wildman–Crippen LogP) is 3.10. The molecule has 0 radical (unpaired) electrons. The number of sulfonamides is 1. The van der Waals surface area contributed by atoms with Crippen molar-refractivity contribution >= 4 is 38.9 Å². The first-order chi connectivity index (χ1) is 15.6. The normalized spacial score (nSPS) is 12.2. The molecule has 33 heavy (non-hydrogen) atoms. The molecule has 1 aromatic heterocycles. The van der Waals surface area contributed by atoms with Crippen molar-refractivity contribution in [2.45, 2.75) is 38.1 Å². The first-order valence-corrected chi connectivity index (χ1v) is 12.7. The molecule has 1 heterocycles. The third kappa shape index (κ3) is 6.95. The van der Waals surface area contributed by atoms with E-state index in [1.807, 2.05) is 36.6 Å². The molecule has 8 nitrogen and oxygen atoms in total. The van der Waals surface area contributed by atoms with Gasteiger partial charge >= 0.3 is 0 Å². The van der Waals surface area contributed by atoms with Crippen LogP contribution in [0.2, 0.25) is 0 Å². The Labute approximate surface area is 197 Å². The largest absolute Gasteiger partial charge is 0.354 e. The Morgan fingerprint density at radius 3 is 2.30 bits per heavy atom. The molecule has 0 aliphatic rings. The highest BCUT2D eigenvalue weighted by atomic mass is 32.2. The van der Waals surface area contributed by atoms with Gasteiger partial charge in [0.25, 0.3) is 0 Å². The Morgan fingerprint density at radius 1 is 1.06 bits per heavy atom. The van der Waals surface area contributed by atoms with E-state index in [1.54, 1.807) is 11.3 Å². The Kier molecular flexibility index (Phi) is 7.96. The molecule has 0 aliphatic heterocycles. The number of thiazole rings is 1. The van der Waals surface area contributed by atoms with Crippen LogP contribution in [0, 0.1) is 6.92 Å². The highest BCUT2D eigenvalue weighted by molar-refractivity contribution is 7.89. The third-order valence-corrected chi connectivity index (χ3v) is 7.12. The summed E-state index contributed by atoms with van der Waals surface area (Å²) in [7, 11) is -3.89. The zero-order chi connectivity index (χ0) is 24.0. The lowest BCUT2D eigenvalue weighted by atomic mass is 10.1. The quantitative estimate of drug-likeness (QED) is 0.430. The number of nitrogens with zero attached hydrogens (tertiary/aromatic N) is 1. The molecule has 174 valence electrons. The number of nitrogens with one attached hydrogen (secondary N) is 3. The first-order valence-electron chi connectivity index (χ1n) is 10.3. The highest BCUT2D eigenvalue weighted by Crippen LogP contribution is 2.22. The molecule has 0 spiro atoms. The second-order valence-corrected chi connectivity index (χ2v) is 10.3. The number of hydrogen-bond donors (Lipinski definition) is 3. The predicted molar refractivity (Wildman–Crippen MR) is 130 cm³/mol. The van der Waals surface area contributed by atoms with E-state index in [4.69, 9.17) is 0 Å². The van der Waals surface area contributed by atoms with E-state index in [0.717, 1.165) is 21.8 Å². The molecule has 3 aromatic rings.